The van der Waals surface area contributed by atoms with E-state index in [-0.39, 0.29) is 6.54 Å². The normalized spacial score (nSPS) is 19.5. The van der Waals surface area contributed by atoms with Crippen LogP contribution in [0.25, 0.3) is 11.0 Å². The fraction of sp³-hybridized carbons (Fsp3) is 0.320. The van der Waals surface area contributed by atoms with Crippen LogP contribution >= 0.6 is 0 Å². The minimum absolute atomic E-state index is 0.361. The average Bonchev–Trinajstić information content (AvgIpc) is 3.29. The summed E-state index contributed by atoms with van der Waals surface area (Å²) in [5.74, 6) is 0.0682. The van der Waals surface area contributed by atoms with Crippen molar-refractivity contribution in [1.29, 1.82) is 0 Å². The highest BCUT2D eigenvalue weighted by atomic mass is 16.3. The van der Waals surface area contributed by atoms with Crippen molar-refractivity contribution >= 4 is 28.8 Å². The molecule has 1 aromatic heterocycles. The Morgan fingerprint density at radius 1 is 1.09 bits per heavy atom. The zero-order valence-electron chi connectivity index (χ0n) is 18.6. The van der Waals surface area contributed by atoms with Gasteiger partial charge in [-0.3, -0.25) is 14.5 Å². The number of carbonyl (C=O) groups is 3. The molecule has 2 unspecified atom stereocenters. The van der Waals surface area contributed by atoms with Crippen LogP contribution in [0.4, 0.5) is 4.79 Å². The predicted molar refractivity (Wildman–Crippen MR) is 121 cm³/mol. The van der Waals surface area contributed by atoms with Crippen molar-refractivity contribution in [3.05, 3.63) is 71.5 Å². The topological polar surface area (TPSA) is 91.7 Å². The SMILES string of the molecule is CC(C)c1ccc(C2(C)NC(=O)N(CC(=O)NC(C)c3cc4ccccc4o3)C2=O)cc1. The lowest BCUT2D eigenvalue weighted by atomic mass is 9.90. The summed E-state index contributed by atoms with van der Waals surface area (Å²) in [7, 11) is 0. The van der Waals surface area contributed by atoms with Crippen LogP contribution in [0.3, 0.4) is 0 Å². The zero-order chi connectivity index (χ0) is 23.0. The van der Waals surface area contributed by atoms with Gasteiger partial charge in [-0.25, -0.2) is 4.79 Å². The number of amides is 4. The molecule has 2 aromatic carbocycles. The second-order valence-electron chi connectivity index (χ2n) is 8.70. The maximum atomic E-state index is 13.1. The molecule has 3 aromatic rings. The largest absolute Gasteiger partial charge is 0.459 e. The molecule has 1 saturated heterocycles. The van der Waals surface area contributed by atoms with Crippen LogP contribution in [0.5, 0.6) is 0 Å². The molecule has 2 atom stereocenters. The highest BCUT2D eigenvalue weighted by molar-refractivity contribution is 6.09. The summed E-state index contributed by atoms with van der Waals surface area (Å²) in [4.78, 5) is 39.2. The number of hydrogen-bond acceptors (Lipinski definition) is 4. The lowest BCUT2D eigenvalue weighted by molar-refractivity contribution is -0.135. The Morgan fingerprint density at radius 2 is 1.78 bits per heavy atom. The number of hydrogen-bond donors (Lipinski definition) is 2. The molecule has 1 aliphatic rings. The zero-order valence-corrected chi connectivity index (χ0v) is 18.6. The minimum atomic E-state index is -1.21. The number of rotatable bonds is 6. The molecule has 166 valence electrons. The molecular weight excluding hydrogens is 406 g/mol. The van der Waals surface area contributed by atoms with E-state index >= 15 is 0 Å². The van der Waals surface area contributed by atoms with Crippen LogP contribution in [0.2, 0.25) is 0 Å². The van der Waals surface area contributed by atoms with E-state index in [2.05, 4.69) is 24.5 Å². The molecule has 0 radical (unpaired) electrons. The number of furan rings is 1. The van der Waals surface area contributed by atoms with E-state index in [1.807, 2.05) is 54.6 Å². The fourth-order valence-electron chi connectivity index (χ4n) is 3.96. The molecule has 4 amide bonds. The van der Waals surface area contributed by atoms with Crippen LogP contribution in [0.15, 0.2) is 59.0 Å². The quantitative estimate of drug-likeness (QED) is 0.570. The van der Waals surface area contributed by atoms with Gasteiger partial charge in [0.2, 0.25) is 5.91 Å². The van der Waals surface area contributed by atoms with Crippen LogP contribution < -0.4 is 10.6 Å². The molecule has 32 heavy (non-hydrogen) atoms. The molecule has 0 aliphatic carbocycles. The third-order valence-electron chi connectivity index (χ3n) is 5.98. The maximum absolute atomic E-state index is 13.1. The summed E-state index contributed by atoms with van der Waals surface area (Å²) in [5.41, 5.74) is 1.35. The third kappa shape index (κ3) is 3.86. The number of benzene rings is 2. The monoisotopic (exact) mass is 433 g/mol. The van der Waals surface area contributed by atoms with Crippen molar-refractivity contribution in [2.24, 2.45) is 0 Å². The van der Waals surface area contributed by atoms with Crippen molar-refractivity contribution in [2.45, 2.75) is 45.2 Å². The van der Waals surface area contributed by atoms with Gasteiger partial charge in [-0.05, 0) is 43.0 Å². The van der Waals surface area contributed by atoms with E-state index in [1.165, 1.54) is 0 Å². The number of carbonyl (C=O) groups excluding carboxylic acids is 3. The van der Waals surface area contributed by atoms with Crippen molar-refractivity contribution in [1.82, 2.24) is 15.5 Å². The smallest absolute Gasteiger partial charge is 0.325 e. The van der Waals surface area contributed by atoms with Crippen LogP contribution in [-0.2, 0) is 15.1 Å². The van der Waals surface area contributed by atoms with Gasteiger partial charge in [0.1, 0.15) is 23.4 Å². The van der Waals surface area contributed by atoms with Crippen LogP contribution in [0.1, 0.15) is 56.5 Å². The first-order valence-corrected chi connectivity index (χ1v) is 10.7. The Balaban J connectivity index is 1.45. The summed E-state index contributed by atoms with van der Waals surface area (Å²) < 4.78 is 5.79. The number of urea groups is 1. The Bertz CT molecular complexity index is 1150. The van der Waals surface area contributed by atoms with Gasteiger partial charge in [0.25, 0.3) is 5.91 Å². The fourth-order valence-corrected chi connectivity index (χ4v) is 3.96. The Morgan fingerprint density at radius 3 is 2.44 bits per heavy atom. The number of fused-ring (bicyclic) bond motifs is 1. The molecule has 2 heterocycles. The maximum Gasteiger partial charge on any atom is 0.325 e. The van der Waals surface area contributed by atoms with Gasteiger partial charge >= 0.3 is 6.03 Å². The van der Waals surface area contributed by atoms with Gasteiger partial charge in [0, 0.05) is 5.39 Å². The molecule has 7 nitrogen and oxygen atoms in total. The highest BCUT2D eigenvalue weighted by Crippen LogP contribution is 2.30. The molecule has 2 N–H and O–H groups in total. The van der Waals surface area contributed by atoms with E-state index in [4.69, 9.17) is 4.42 Å². The predicted octanol–water partition coefficient (Wildman–Crippen LogP) is 4.20. The first kappa shape index (κ1) is 21.6. The Kier molecular flexibility index (Phi) is 5.50. The van der Waals surface area contributed by atoms with Crippen LogP contribution in [0, 0.1) is 0 Å². The molecule has 0 bridgehead atoms. The van der Waals surface area contributed by atoms with E-state index in [9.17, 15) is 14.4 Å². The Labute approximate surface area is 186 Å². The molecule has 1 aliphatic heterocycles. The van der Waals surface area contributed by atoms with Gasteiger partial charge < -0.3 is 15.1 Å². The highest BCUT2D eigenvalue weighted by Gasteiger charge is 2.49. The van der Waals surface area contributed by atoms with E-state index in [0.717, 1.165) is 21.4 Å². The molecule has 7 heteroatoms. The van der Waals surface area contributed by atoms with Crippen molar-refractivity contribution in [3.8, 4) is 0 Å². The Hall–Kier alpha value is -3.61. The van der Waals surface area contributed by atoms with E-state index in [0.29, 0.717) is 17.2 Å². The van der Waals surface area contributed by atoms with Gasteiger partial charge in [-0.15, -0.1) is 0 Å². The average molecular weight is 434 g/mol. The second kappa shape index (κ2) is 8.15. The van der Waals surface area contributed by atoms with E-state index < -0.39 is 29.4 Å². The van der Waals surface area contributed by atoms with Crippen molar-refractivity contribution < 1.29 is 18.8 Å². The van der Waals surface area contributed by atoms with Gasteiger partial charge in [0.05, 0.1) is 6.04 Å². The molecule has 1 fully saturated rings. The second-order valence-corrected chi connectivity index (χ2v) is 8.70. The van der Waals surface area contributed by atoms with Crippen molar-refractivity contribution in [2.75, 3.05) is 6.54 Å². The standard InChI is InChI=1S/C25H27N3O4/c1-15(2)17-9-11-19(12-10-17)25(4)23(30)28(24(31)27-25)14-22(29)26-16(3)21-13-18-7-5-6-8-20(18)32-21/h5-13,15-16H,14H2,1-4H3,(H,26,29)(H,27,31). The molecule has 0 saturated carbocycles. The lowest BCUT2D eigenvalue weighted by Crippen LogP contribution is -2.43. The molecule has 0 spiro atoms. The van der Waals surface area contributed by atoms with Gasteiger partial charge in [0.15, 0.2) is 0 Å². The first-order valence-electron chi connectivity index (χ1n) is 10.7. The summed E-state index contributed by atoms with van der Waals surface area (Å²) in [6.45, 7) is 7.27. The number of imide groups is 1. The van der Waals surface area contributed by atoms with Gasteiger partial charge in [-0.2, -0.15) is 0 Å². The summed E-state index contributed by atoms with van der Waals surface area (Å²) in [6.07, 6.45) is 0. The molecule has 4 rings (SSSR count). The third-order valence-corrected chi connectivity index (χ3v) is 5.98. The minimum Gasteiger partial charge on any atom is -0.459 e. The summed E-state index contributed by atoms with van der Waals surface area (Å²) in [6, 6.07) is 16.0. The summed E-state index contributed by atoms with van der Waals surface area (Å²) >= 11 is 0. The summed E-state index contributed by atoms with van der Waals surface area (Å²) in [5, 5.41) is 6.49. The van der Waals surface area contributed by atoms with Crippen molar-refractivity contribution in [3.63, 3.8) is 0 Å². The van der Waals surface area contributed by atoms with E-state index in [1.54, 1.807) is 13.8 Å². The number of para-hydroxylation sites is 1. The van der Waals surface area contributed by atoms with Gasteiger partial charge in [-0.1, -0.05) is 56.3 Å². The molecular formula is C25H27N3O4. The number of nitrogens with zero attached hydrogens (tertiary/aromatic N) is 1. The number of nitrogens with one attached hydrogen (secondary N) is 2. The first-order chi connectivity index (χ1) is 15.2. The van der Waals surface area contributed by atoms with Crippen LogP contribution in [-0.4, -0.2) is 29.3 Å². The lowest BCUT2D eigenvalue weighted by Gasteiger charge is -2.23.